The van der Waals surface area contributed by atoms with E-state index in [2.05, 4.69) is 31.4 Å². The number of para-hydroxylation sites is 1. The number of hydroxylamine groups is 2. The molecule has 7 rings (SSSR count). The fraction of sp³-hybridized carbons (Fsp3) is 0.535. The Hall–Kier alpha value is -4.00. The van der Waals surface area contributed by atoms with Crippen LogP contribution in [-0.4, -0.2) is 91.8 Å². The van der Waals surface area contributed by atoms with Crippen molar-refractivity contribution in [3.63, 3.8) is 0 Å². The Kier molecular flexibility index (Phi) is 12.0. The van der Waals surface area contributed by atoms with E-state index in [4.69, 9.17) is 15.3 Å². The van der Waals surface area contributed by atoms with Gasteiger partial charge in [-0.3, -0.25) is 14.4 Å². The maximum Gasteiger partial charge on any atom is 0.251 e. The molecule has 6 N–H and O–H groups in total. The minimum Gasteiger partial charge on any atom is -0.496 e. The molecule has 0 spiro atoms. The number of methoxy groups -OCH3 is 1. The Morgan fingerprint density at radius 2 is 1.83 bits per heavy atom. The van der Waals surface area contributed by atoms with Crippen molar-refractivity contribution in [1.82, 2.24) is 15.7 Å². The quantitative estimate of drug-likeness (QED) is 0.162. The molecule has 0 radical (unpaired) electrons. The van der Waals surface area contributed by atoms with Crippen molar-refractivity contribution in [2.24, 2.45) is 34.8 Å². The molecule has 4 aliphatic rings. The molecule has 3 saturated carbocycles. The average Bonchev–Trinajstić information content (AvgIpc) is 3.53. The Morgan fingerprint density at radius 1 is 1.09 bits per heavy atom. The van der Waals surface area contributed by atoms with Gasteiger partial charge in [0.25, 0.3) is 5.91 Å². The predicted molar refractivity (Wildman–Crippen MR) is 211 cm³/mol. The van der Waals surface area contributed by atoms with Gasteiger partial charge in [0.2, 0.25) is 5.91 Å². The van der Waals surface area contributed by atoms with E-state index in [1.165, 1.54) is 6.42 Å². The molecule has 11 nitrogen and oxygen atoms in total. The number of benzene rings is 3. The van der Waals surface area contributed by atoms with Gasteiger partial charge in [0.05, 0.1) is 26.4 Å². The second-order valence-electron chi connectivity index (χ2n) is 16.5. The summed E-state index contributed by atoms with van der Waals surface area (Å²) in [6.45, 7) is 8.65. The second-order valence-corrected chi connectivity index (χ2v) is 16.5. The van der Waals surface area contributed by atoms with E-state index in [0.29, 0.717) is 42.0 Å². The molecule has 9 atom stereocenters. The highest BCUT2D eigenvalue weighted by molar-refractivity contribution is 5.97. The highest BCUT2D eigenvalue weighted by atomic mass is 16.7. The first-order chi connectivity index (χ1) is 25.8. The summed E-state index contributed by atoms with van der Waals surface area (Å²) >= 11 is 0. The lowest BCUT2D eigenvalue weighted by molar-refractivity contribution is -0.183. The van der Waals surface area contributed by atoms with Crippen LogP contribution in [0.25, 0.3) is 11.1 Å². The molecule has 3 aromatic carbocycles. The second kappa shape index (κ2) is 16.4. The molecular weight excluding hydrogens is 683 g/mol. The molecule has 4 fully saturated rings. The summed E-state index contributed by atoms with van der Waals surface area (Å²) in [7, 11) is 5.45. The number of nitrogens with two attached hydrogens (primary N) is 1. The van der Waals surface area contributed by atoms with Crippen LogP contribution in [-0.2, 0) is 22.6 Å². The molecule has 2 amide bonds. The summed E-state index contributed by atoms with van der Waals surface area (Å²) in [5.74, 6) is 0.931. The molecule has 54 heavy (non-hydrogen) atoms. The third-order valence-electron chi connectivity index (χ3n) is 12.6. The molecule has 1 saturated heterocycles. The minimum atomic E-state index is -0.905. The van der Waals surface area contributed by atoms with Crippen molar-refractivity contribution >= 4 is 17.5 Å². The number of aliphatic hydroxyl groups is 2. The first-order valence-electron chi connectivity index (χ1n) is 19.3. The smallest absolute Gasteiger partial charge is 0.251 e. The van der Waals surface area contributed by atoms with Gasteiger partial charge >= 0.3 is 0 Å². The molecule has 11 heteroatoms. The largest absolute Gasteiger partial charge is 0.496 e. The third-order valence-corrected chi connectivity index (χ3v) is 12.6. The number of hydrogen-bond donors (Lipinski definition) is 5. The topological polar surface area (TPSA) is 150 Å². The Morgan fingerprint density at radius 3 is 2.44 bits per heavy atom. The number of carbonyl (C=O) groups is 2. The SMILES string of the molecule is COc1c(CN2O[C@@H](CO)[C@@H]([C@H](C)O)[C@H]2C(=O)N[C@H]2C[C@H]3C[C@@H]([C@@H]2C)C3(C)C)cccc1-c1cc(C(=O)N[C@H](CN)Cc2ccccc2)cc(N(C)C)c1. The van der Waals surface area contributed by atoms with Crippen LogP contribution >= 0.6 is 0 Å². The van der Waals surface area contributed by atoms with Crippen LogP contribution < -0.4 is 26.0 Å². The summed E-state index contributed by atoms with van der Waals surface area (Å²) < 4.78 is 6.07. The highest BCUT2D eigenvalue weighted by Gasteiger charge is 2.57. The lowest BCUT2D eigenvalue weighted by atomic mass is 9.45. The zero-order valence-electron chi connectivity index (χ0n) is 32.8. The fourth-order valence-corrected chi connectivity index (χ4v) is 9.35. The number of anilines is 1. The molecule has 3 aliphatic carbocycles. The van der Waals surface area contributed by atoms with E-state index >= 15 is 0 Å². The zero-order valence-corrected chi connectivity index (χ0v) is 32.8. The van der Waals surface area contributed by atoms with Gasteiger partial charge in [-0.2, -0.15) is 5.06 Å². The van der Waals surface area contributed by atoms with Crippen LogP contribution in [0, 0.1) is 29.1 Å². The average molecular weight is 742 g/mol. The normalized spacial score (nSPS) is 27.0. The maximum atomic E-state index is 14.3. The van der Waals surface area contributed by atoms with Crippen molar-refractivity contribution < 1.29 is 29.4 Å². The van der Waals surface area contributed by atoms with Gasteiger partial charge in [-0.1, -0.05) is 69.3 Å². The number of nitrogens with one attached hydrogen (secondary N) is 2. The van der Waals surface area contributed by atoms with Crippen molar-refractivity contribution in [3.05, 3.63) is 83.4 Å². The standard InChI is InChI=1S/C43H59N5O6/c1-25-35-20-31(43(35,3)4)21-36(25)46-42(52)39-38(26(2)50)37(24-49)54-48(39)23-28-14-11-15-34(40(28)53-7)29-17-30(19-33(18-29)47(5)6)41(51)45-32(22-44)16-27-12-9-8-10-13-27/h8-15,17-19,25-26,31-32,35-39,49-50H,16,20-24,44H2,1-7H3,(H,45,51)(H,46,52)/t25-,26-,31+,32-,35-,36-,37-,38+,39-/m0/s1. The number of rotatable bonds is 14. The number of amides is 2. The summed E-state index contributed by atoms with van der Waals surface area (Å²) in [5, 5.41) is 29.4. The number of ether oxygens (including phenoxy) is 1. The van der Waals surface area contributed by atoms with E-state index < -0.39 is 24.2 Å². The van der Waals surface area contributed by atoms with Crippen LogP contribution in [0.3, 0.4) is 0 Å². The van der Waals surface area contributed by atoms with E-state index in [-0.39, 0.29) is 42.5 Å². The van der Waals surface area contributed by atoms with Crippen molar-refractivity contribution in [3.8, 4) is 16.9 Å². The fourth-order valence-electron chi connectivity index (χ4n) is 9.35. The van der Waals surface area contributed by atoms with Crippen molar-refractivity contribution in [1.29, 1.82) is 0 Å². The predicted octanol–water partition coefficient (Wildman–Crippen LogP) is 4.39. The van der Waals surface area contributed by atoms with E-state index in [1.807, 2.05) is 85.7 Å². The molecule has 0 unspecified atom stereocenters. The lowest BCUT2D eigenvalue weighted by Gasteiger charge is -2.62. The minimum absolute atomic E-state index is 0.0330. The van der Waals surface area contributed by atoms with E-state index in [9.17, 15) is 19.8 Å². The van der Waals surface area contributed by atoms with Crippen molar-refractivity contribution in [2.75, 3.05) is 39.3 Å². The van der Waals surface area contributed by atoms with Gasteiger partial charge in [-0.25, -0.2) is 0 Å². The van der Waals surface area contributed by atoms with Gasteiger partial charge in [-0.05, 0) is 78.7 Å². The molecule has 3 aromatic rings. The van der Waals surface area contributed by atoms with Gasteiger partial charge in [0, 0.05) is 61.0 Å². The van der Waals surface area contributed by atoms with Gasteiger partial charge < -0.3 is 36.2 Å². The summed E-state index contributed by atoms with van der Waals surface area (Å²) in [6.07, 6.45) is 1.07. The number of fused-ring (bicyclic) bond motifs is 2. The lowest BCUT2D eigenvalue weighted by Crippen LogP contribution is -2.62. The van der Waals surface area contributed by atoms with Gasteiger partial charge in [0.15, 0.2) is 0 Å². The zero-order chi connectivity index (χ0) is 38.9. The van der Waals surface area contributed by atoms with Crippen molar-refractivity contribution in [2.45, 2.75) is 83.8 Å². The van der Waals surface area contributed by atoms with Crippen LogP contribution in [0.15, 0.2) is 66.7 Å². The summed E-state index contributed by atoms with van der Waals surface area (Å²) in [5.41, 5.74) is 11.1. The summed E-state index contributed by atoms with van der Waals surface area (Å²) in [6, 6.07) is 20.4. The molecule has 1 heterocycles. The number of carbonyl (C=O) groups excluding carboxylic acids is 2. The first kappa shape index (κ1) is 39.7. The van der Waals surface area contributed by atoms with Gasteiger partial charge in [-0.15, -0.1) is 0 Å². The van der Waals surface area contributed by atoms with E-state index in [0.717, 1.165) is 34.4 Å². The Bertz CT molecular complexity index is 1780. The monoisotopic (exact) mass is 741 g/mol. The molecule has 2 bridgehead atoms. The first-order valence-corrected chi connectivity index (χ1v) is 19.3. The van der Waals surface area contributed by atoms with E-state index in [1.54, 1.807) is 19.1 Å². The Balaban J connectivity index is 1.28. The number of aliphatic hydroxyl groups excluding tert-OH is 2. The van der Waals surface area contributed by atoms with Gasteiger partial charge in [0.1, 0.15) is 17.9 Å². The van der Waals surface area contributed by atoms with Crippen LogP contribution in [0.5, 0.6) is 5.75 Å². The molecular formula is C43H59N5O6. The number of hydrogen-bond acceptors (Lipinski definition) is 9. The molecule has 0 aromatic heterocycles. The Labute approximate surface area is 320 Å². The molecule has 1 aliphatic heterocycles. The number of nitrogens with zero attached hydrogens (tertiary/aromatic N) is 2. The molecule has 292 valence electrons. The summed E-state index contributed by atoms with van der Waals surface area (Å²) in [4.78, 5) is 36.2. The van der Waals surface area contributed by atoms with Crippen LogP contribution in [0.4, 0.5) is 5.69 Å². The highest BCUT2D eigenvalue weighted by Crippen LogP contribution is 2.61. The maximum absolute atomic E-state index is 14.3. The van der Waals surface area contributed by atoms with Crippen LogP contribution in [0.1, 0.15) is 62.0 Å². The van der Waals surface area contributed by atoms with Crippen LogP contribution in [0.2, 0.25) is 0 Å². The third kappa shape index (κ3) is 7.88.